The number of nitrogens with zero attached hydrogens (tertiary/aromatic N) is 3. The van der Waals surface area contributed by atoms with Crippen molar-refractivity contribution in [3.8, 4) is 22.5 Å². The van der Waals surface area contributed by atoms with Crippen molar-refractivity contribution in [3.05, 3.63) is 108 Å². The molecule has 3 aromatic carbocycles. The normalized spacial score (nSPS) is 10.9. The Morgan fingerprint density at radius 3 is 2.47 bits per heavy atom. The maximum atomic E-state index is 11.9. The first kappa shape index (κ1) is 21.3. The number of carbonyl (C=O) groups excluding carboxylic acids is 1. The minimum atomic E-state index is -0.472. The molecule has 0 spiro atoms. The lowest BCUT2D eigenvalue weighted by molar-refractivity contribution is 0.0999. The summed E-state index contributed by atoms with van der Waals surface area (Å²) in [5.41, 5.74) is 11.4. The molecule has 5 aromatic rings. The smallest absolute Gasteiger partial charge is 0.248 e. The van der Waals surface area contributed by atoms with Gasteiger partial charge in [-0.1, -0.05) is 60.7 Å². The van der Waals surface area contributed by atoms with E-state index in [0.29, 0.717) is 23.8 Å². The molecule has 0 saturated heterocycles. The number of pyridine rings is 1. The molecular formula is C28H23N5O. The first-order chi connectivity index (χ1) is 16.6. The number of anilines is 1. The van der Waals surface area contributed by atoms with Crippen LogP contribution in [-0.2, 0) is 6.54 Å². The van der Waals surface area contributed by atoms with E-state index >= 15 is 0 Å². The average Bonchev–Trinajstić information content (AvgIpc) is 2.88. The lowest BCUT2D eigenvalue weighted by Gasteiger charge is -2.15. The summed E-state index contributed by atoms with van der Waals surface area (Å²) < 4.78 is 0. The maximum absolute atomic E-state index is 11.9. The summed E-state index contributed by atoms with van der Waals surface area (Å²) in [6.07, 6.45) is 1.77. The van der Waals surface area contributed by atoms with Crippen LogP contribution in [0.5, 0.6) is 0 Å². The van der Waals surface area contributed by atoms with E-state index < -0.39 is 5.91 Å². The van der Waals surface area contributed by atoms with E-state index in [9.17, 15) is 4.79 Å². The molecule has 0 aliphatic rings. The van der Waals surface area contributed by atoms with Gasteiger partial charge in [-0.05, 0) is 47.9 Å². The zero-order chi connectivity index (χ0) is 23.5. The Morgan fingerprint density at radius 1 is 0.882 bits per heavy atom. The Morgan fingerprint density at radius 2 is 1.71 bits per heavy atom. The van der Waals surface area contributed by atoms with Gasteiger partial charge in [-0.2, -0.15) is 0 Å². The van der Waals surface area contributed by atoms with Crippen LogP contribution in [0.2, 0.25) is 0 Å². The number of aryl methyl sites for hydroxylation is 1. The lowest BCUT2D eigenvalue weighted by Crippen LogP contribution is -2.13. The highest BCUT2D eigenvalue weighted by Crippen LogP contribution is 2.34. The molecule has 6 heteroatoms. The molecule has 166 valence electrons. The van der Waals surface area contributed by atoms with E-state index in [-0.39, 0.29) is 0 Å². The van der Waals surface area contributed by atoms with Crippen molar-refractivity contribution in [2.24, 2.45) is 5.73 Å². The Labute approximate surface area is 197 Å². The Balaban J connectivity index is 1.69. The van der Waals surface area contributed by atoms with Crippen molar-refractivity contribution >= 4 is 22.6 Å². The van der Waals surface area contributed by atoms with Crippen LogP contribution in [0.15, 0.2) is 91.1 Å². The molecular weight excluding hydrogens is 422 g/mol. The molecule has 2 aromatic heterocycles. The van der Waals surface area contributed by atoms with Crippen LogP contribution >= 0.6 is 0 Å². The number of hydrogen-bond donors (Lipinski definition) is 2. The van der Waals surface area contributed by atoms with E-state index in [0.717, 1.165) is 38.9 Å². The zero-order valence-electron chi connectivity index (χ0n) is 18.7. The van der Waals surface area contributed by atoms with Gasteiger partial charge in [0, 0.05) is 17.3 Å². The summed E-state index contributed by atoms with van der Waals surface area (Å²) in [7, 11) is 0. The number of fused-ring (bicyclic) bond motifs is 1. The van der Waals surface area contributed by atoms with E-state index in [4.69, 9.17) is 15.7 Å². The first-order valence-corrected chi connectivity index (χ1v) is 11.0. The molecule has 0 atom stereocenters. The molecule has 1 amide bonds. The Hall–Kier alpha value is -4.58. The Bertz CT molecular complexity index is 1480. The third-order valence-corrected chi connectivity index (χ3v) is 5.73. The second-order valence-electron chi connectivity index (χ2n) is 8.03. The average molecular weight is 446 g/mol. The van der Waals surface area contributed by atoms with Gasteiger partial charge in [-0.3, -0.25) is 9.78 Å². The highest BCUT2D eigenvalue weighted by Gasteiger charge is 2.16. The zero-order valence-corrected chi connectivity index (χ0v) is 18.7. The lowest BCUT2D eigenvalue weighted by atomic mass is 10.00. The topological polar surface area (TPSA) is 93.8 Å². The van der Waals surface area contributed by atoms with Gasteiger partial charge in [0.25, 0.3) is 0 Å². The van der Waals surface area contributed by atoms with Crippen LogP contribution in [-0.4, -0.2) is 20.9 Å². The van der Waals surface area contributed by atoms with Crippen LogP contribution in [0.25, 0.3) is 33.4 Å². The van der Waals surface area contributed by atoms with Crippen LogP contribution < -0.4 is 11.1 Å². The standard InChI is InChI=1S/C28H23N5O/c1-18-13-14-20(16-23(18)26(29)34)27-32-24-12-7-11-22(19-8-3-2-4-9-19)25(24)28(33-27)31-17-21-10-5-6-15-30-21/h2-16H,17H2,1H3,(H2,29,34)(H,31,32,33). The van der Waals surface area contributed by atoms with Crippen LogP contribution in [0.3, 0.4) is 0 Å². The number of carbonyl (C=O) groups is 1. The quantitative estimate of drug-likeness (QED) is 0.366. The summed E-state index contributed by atoms with van der Waals surface area (Å²) in [5, 5.41) is 4.39. The van der Waals surface area contributed by atoms with E-state index in [1.807, 2.05) is 67.6 Å². The van der Waals surface area contributed by atoms with Gasteiger partial charge in [-0.15, -0.1) is 0 Å². The fourth-order valence-electron chi connectivity index (χ4n) is 4.00. The Kier molecular flexibility index (Phi) is 5.70. The third kappa shape index (κ3) is 4.21. The van der Waals surface area contributed by atoms with Gasteiger partial charge in [0.2, 0.25) is 5.91 Å². The molecule has 0 unspecified atom stereocenters. The first-order valence-electron chi connectivity index (χ1n) is 11.0. The summed E-state index contributed by atoms with van der Waals surface area (Å²) in [6, 6.07) is 27.6. The predicted molar refractivity (Wildman–Crippen MR) is 135 cm³/mol. The fraction of sp³-hybridized carbons (Fsp3) is 0.0714. The van der Waals surface area contributed by atoms with Crippen LogP contribution in [0.1, 0.15) is 21.6 Å². The fourth-order valence-corrected chi connectivity index (χ4v) is 4.00. The molecule has 2 heterocycles. The number of nitrogens with one attached hydrogen (secondary N) is 1. The van der Waals surface area contributed by atoms with Gasteiger partial charge in [0.1, 0.15) is 5.82 Å². The number of amides is 1. The second-order valence-corrected chi connectivity index (χ2v) is 8.03. The number of aromatic nitrogens is 3. The van der Waals surface area contributed by atoms with Crippen LogP contribution in [0.4, 0.5) is 5.82 Å². The number of hydrogen-bond acceptors (Lipinski definition) is 5. The summed E-state index contributed by atoms with van der Waals surface area (Å²) in [5.74, 6) is 0.745. The maximum Gasteiger partial charge on any atom is 0.248 e. The van der Waals surface area contributed by atoms with Crippen molar-refractivity contribution in [2.45, 2.75) is 13.5 Å². The molecule has 3 N–H and O–H groups in total. The van der Waals surface area contributed by atoms with Crippen LogP contribution in [0, 0.1) is 6.92 Å². The number of nitrogens with two attached hydrogens (primary N) is 1. The minimum Gasteiger partial charge on any atom is -0.366 e. The van der Waals surface area contributed by atoms with Crippen molar-refractivity contribution in [1.29, 1.82) is 0 Å². The molecule has 0 fully saturated rings. The highest BCUT2D eigenvalue weighted by molar-refractivity contribution is 6.02. The predicted octanol–water partition coefficient (Wildman–Crippen LogP) is 5.38. The van der Waals surface area contributed by atoms with Gasteiger partial charge in [0.05, 0.1) is 23.1 Å². The molecule has 0 aliphatic heterocycles. The summed E-state index contributed by atoms with van der Waals surface area (Å²) >= 11 is 0. The SMILES string of the molecule is Cc1ccc(-c2nc(NCc3ccccn3)c3c(-c4ccccc4)cccc3n2)cc1C(N)=O. The van der Waals surface area contributed by atoms with Gasteiger partial charge in [-0.25, -0.2) is 9.97 Å². The molecule has 5 rings (SSSR count). The monoisotopic (exact) mass is 445 g/mol. The van der Waals surface area contributed by atoms with Gasteiger partial charge < -0.3 is 11.1 Å². The number of benzene rings is 3. The van der Waals surface area contributed by atoms with Crippen molar-refractivity contribution in [1.82, 2.24) is 15.0 Å². The van der Waals surface area contributed by atoms with Gasteiger partial charge >= 0.3 is 0 Å². The van der Waals surface area contributed by atoms with Crippen molar-refractivity contribution in [3.63, 3.8) is 0 Å². The molecule has 34 heavy (non-hydrogen) atoms. The van der Waals surface area contributed by atoms with Crippen molar-refractivity contribution in [2.75, 3.05) is 5.32 Å². The van der Waals surface area contributed by atoms with E-state index in [1.54, 1.807) is 12.3 Å². The van der Waals surface area contributed by atoms with E-state index in [1.165, 1.54) is 0 Å². The molecule has 0 saturated carbocycles. The summed E-state index contributed by atoms with van der Waals surface area (Å²) in [4.78, 5) is 26.1. The largest absolute Gasteiger partial charge is 0.366 e. The van der Waals surface area contributed by atoms with Crippen molar-refractivity contribution < 1.29 is 4.79 Å². The molecule has 0 radical (unpaired) electrons. The molecule has 0 aliphatic carbocycles. The second kappa shape index (κ2) is 9.11. The highest BCUT2D eigenvalue weighted by atomic mass is 16.1. The molecule has 0 bridgehead atoms. The van der Waals surface area contributed by atoms with Gasteiger partial charge in [0.15, 0.2) is 5.82 Å². The summed E-state index contributed by atoms with van der Waals surface area (Å²) in [6.45, 7) is 2.37. The minimum absolute atomic E-state index is 0.460. The molecule has 6 nitrogen and oxygen atoms in total. The van der Waals surface area contributed by atoms with E-state index in [2.05, 4.69) is 28.5 Å². The number of rotatable bonds is 6. The number of primary amides is 1. The third-order valence-electron chi connectivity index (χ3n) is 5.73.